The fourth-order valence-electron chi connectivity index (χ4n) is 11.1. The van der Waals surface area contributed by atoms with Gasteiger partial charge in [0.2, 0.25) is 17.7 Å². The first kappa shape index (κ1) is 130. The van der Waals surface area contributed by atoms with E-state index in [4.69, 9.17) is 177 Å². The normalized spacial score (nSPS) is 12.0. The lowest BCUT2D eigenvalue weighted by atomic mass is 9.99. The highest BCUT2D eigenvalue weighted by Crippen LogP contribution is 2.17. The van der Waals surface area contributed by atoms with Crippen molar-refractivity contribution in [1.29, 1.82) is 0 Å². The van der Waals surface area contributed by atoms with E-state index in [0.29, 0.717) is 380 Å². The molecular formula is C94H166N4O42. The number of nitrogens with one attached hydrogen (secondary N) is 3. The Hall–Kier alpha value is -6.26. The van der Waals surface area contributed by atoms with Gasteiger partial charge in [-0.3, -0.25) is 19.2 Å². The van der Waals surface area contributed by atoms with E-state index in [1.54, 1.807) is 55.6 Å². The minimum Gasteiger partial charge on any atom is -0.482 e. The molecule has 0 saturated carbocycles. The van der Waals surface area contributed by atoms with E-state index in [1.165, 1.54) is 0 Å². The van der Waals surface area contributed by atoms with E-state index < -0.39 is 49.1 Å². The van der Waals surface area contributed by atoms with Crippen LogP contribution < -0.4 is 31.2 Å². The van der Waals surface area contributed by atoms with Gasteiger partial charge in [-0.25, -0.2) is 9.59 Å². The molecule has 0 aromatic heterocycles. The summed E-state index contributed by atoms with van der Waals surface area (Å²) in [5, 5.41) is 26.4. The predicted octanol–water partition coefficient (Wildman–Crippen LogP) is 0.734. The van der Waals surface area contributed by atoms with Crippen molar-refractivity contribution in [2.45, 2.75) is 50.6 Å². The van der Waals surface area contributed by atoms with Crippen molar-refractivity contribution in [3.63, 3.8) is 0 Å². The van der Waals surface area contributed by atoms with Crippen molar-refractivity contribution in [3.8, 4) is 11.5 Å². The second-order valence-electron chi connectivity index (χ2n) is 29.4. The molecule has 3 amide bonds. The van der Waals surface area contributed by atoms with Gasteiger partial charge in [0.25, 0.3) is 0 Å². The number of methoxy groups -OCH3 is 1. The van der Waals surface area contributed by atoms with Gasteiger partial charge < -0.3 is 193 Å². The van der Waals surface area contributed by atoms with Gasteiger partial charge in [0.15, 0.2) is 19.0 Å². The third kappa shape index (κ3) is 94.0. The van der Waals surface area contributed by atoms with E-state index in [0.717, 1.165) is 5.56 Å². The number of hydrogen-bond acceptors (Lipinski definition) is 41. The van der Waals surface area contributed by atoms with Gasteiger partial charge in [-0.1, -0.05) is 24.3 Å². The zero-order chi connectivity index (χ0) is 100. The highest BCUT2D eigenvalue weighted by atomic mass is 16.6. The summed E-state index contributed by atoms with van der Waals surface area (Å²) < 4.78 is 187. The van der Waals surface area contributed by atoms with Crippen molar-refractivity contribution >= 4 is 35.4 Å². The predicted molar refractivity (Wildman–Crippen MR) is 503 cm³/mol. The molecule has 2 aromatic rings. The summed E-state index contributed by atoms with van der Waals surface area (Å²) in [7, 11) is 1.64. The summed E-state index contributed by atoms with van der Waals surface area (Å²) >= 11 is 0. The maximum absolute atomic E-state index is 13.5. The molecule has 7 N–H and O–H groups in total. The van der Waals surface area contributed by atoms with Crippen LogP contribution in [0.1, 0.15) is 36.8 Å². The van der Waals surface area contributed by atoms with Crippen LogP contribution in [0.5, 0.6) is 11.5 Å². The average Bonchev–Trinajstić information content (AvgIpc) is 0.877. The second-order valence-corrected chi connectivity index (χ2v) is 29.4. The highest BCUT2D eigenvalue weighted by Gasteiger charge is 2.24. The fraction of sp³-hybridized carbons (Fsp3) is 0.809. The van der Waals surface area contributed by atoms with Gasteiger partial charge in [0.05, 0.1) is 416 Å². The second kappa shape index (κ2) is 106. The van der Waals surface area contributed by atoms with Crippen LogP contribution >= 0.6 is 0 Å². The summed E-state index contributed by atoms with van der Waals surface area (Å²) in [5.41, 5.74) is 6.81. The smallest absolute Gasteiger partial charge is 0.341 e. The molecule has 0 spiro atoms. The lowest BCUT2D eigenvalue weighted by Crippen LogP contribution is -2.48. The van der Waals surface area contributed by atoms with Crippen LogP contribution in [0.15, 0.2) is 48.5 Å². The van der Waals surface area contributed by atoms with Gasteiger partial charge in [-0.05, 0) is 48.2 Å². The first-order chi connectivity index (χ1) is 69.0. The number of hydrogen-bond donors (Lipinski definition) is 6. The van der Waals surface area contributed by atoms with Gasteiger partial charge >= 0.3 is 11.9 Å². The average molecular weight is 2020 g/mol. The molecule has 0 fully saturated rings. The Morgan fingerprint density at radius 3 is 0.679 bits per heavy atom. The molecule has 2 rings (SSSR count). The molecule has 0 aliphatic heterocycles. The summed E-state index contributed by atoms with van der Waals surface area (Å²) in [4.78, 5) is 74.9. The molecule has 2 aromatic carbocycles. The maximum atomic E-state index is 13.5. The number of carboxylic acid groups (broad SMARTS) is 2. The third-order valence-electron chi connectivity index (χ3n) is 18.1. The molecule has 46 heteroatoms. The number of carbonyl (C=O) groups is 6. The molecule has 2 atom stereocenters. The number of nitrogens with two attached hydrogens (primary N) is 1. The number of rotatable bonds is 116. The van der Waals surface area contributed by atoms with Gasteiger partial charge in [0.1, 0.15) is 17.5 Å². The maximum Gasteiger partial charge on any atom is 0.341 e. The number of carboxylic acids is 2. The minimum absolute atomic E-state index is 0.00150. The van der Waals surface area contributed by atoms with Gasteiger partial charge in [-0.15, -0.1) is 0 Å². The zero-order valence-electron chi connectivity index (χ0n) is 82.7. The SMILES string of the molecule is COCCOCCOCCOCCOCCOCCOCCOCCOCCOCCOCCOCCOCCOCCOCCOCCOCCOCCOCCOCCOCCOCCOCCOCCCC(=O)C(Cc1ccc(OCC(=O)O)cc1)NC(=O)CCOCCOCCOCCOCCNC(=O)C(Cc1ccc(OCC(=O)O)cc1)NC(=O)CCOCCOCCOCCOCCN. The molecule has 140 heavy (non-hydrogen) atoms. The molecule has 2 unspecified atom stereocenters. The van der Waals surface area contributed by atoms with Crippen LogP contribution in [0.25, 0.3) is 0 Å². The Labute approximate surface area is 825 Å². The van der Waals surface area contributed by atoms with E-state index in [2.05, 4.69) is 16.0 Å². The van der Waals surface area contributed by atoms with Crippen molar-refractivity contribution in [3.05, 3.63) is 59.7 Å². The van der Waals surface area contributed by atoms with Crippen molar-refractivity contribution < 1.29 is 200 Å². The van der Waals surface area contributed by atoms with Crippen LogP contribution in [-0.2, 0) is 193 Å². The lowest BCUT2D eigenvalue weighted by Gasteiger charge is -2.19. The Kier molecular flexibility index (Phi) is 97.9. The van der Waals surface area contributed by atoms with Crippen LogP contribution in [0, 0.1) is 0 Å². The Balaban J connectivity index is 1.34. The van der Waals surface area contributed by atoms with E-state index in [1.807, 2.05) is 0 Å². The zero-order valence-corrected chi connectivity index (χ0v) is 82.7. The first-order valence-electron chi connectivity index (χ1n) is 48.4. The Bertz CT molecular complexity index is 3030. The Morgan fingerprint density at radius 2 is 0.450 bits per heavy atom. The summed E-state index contributed by atoms with van der Waals surface area (Å²) in [5.74, 6) is -2.96. The summed E-state index contributed by atoms with van der Waals surface area (Å²) in [6.45, 7) is 25.5. The molecular weight excluding hydrogens is 1860 g/mol. The minimum atomic E-state index is -1.12. The lowest BCUT2D eigenvalue weighted by molar-refractivity contribution is -0.140. The monoisotopic (exact) mass is 2020 g/mol. The molecule has 814 valence electrons. The summed E-state index contributed by atoms with van der Waals surface area (Å²) in [6, 6.07) is 11.4. The molecule has 0 radical (unpaired) electrons. The van der Waals surface area contributed by atoms with Crippen LogP contribution in [0.2, 0.25) is 0 Å². The first-order valence-corrected chi connectivity index (χ1v) is 48.4. The molecule has 46 nitrogen and oxygen atoms in total. The number of benzene rings is 2. The van der Waals surface area contributed by atoms with E-state index in [9.17, 15) is 28.8 Å². The van der Waals surface area contributed by atoms with Crippen LogP contribution in [0.3, 0.4) is 0 Å². The number of amides is 3. The number of aliphatic carboxylic acids is 2. The molecule has 0 aliphatic rings. The van der Waals surface area contributed by atoms with E-state index in [-0.39, 0.29) is 116 Å². The fourth-order valence-corrected chi connectivity index (χ4v) is 11.1. The number of ketones is 1. The third-order valence-corrected chi connectivity index (χ3v) is 18.1. The largest absolute Gasteiger partial charge is 0.482 e. The van der Waals surface area contributed by atoms with Gasteiger partial charge in [0, 0.05) is 52.5 Å². The molecule has 0 saturated heterocycles. The standard InChI is InChI=1S/C94H166N4O42/c1-107-21-22-113-33-34-119-41-42-121-45-46-123-49-50-125-53-54-127-57-58-129-61-62-131-65-66-133-69-70-135-73-74-137-77-78-138-76-75-136-72-71-134-68-67-132-64-63-130-60-59-128-56-55-126-52-51-124-48-47-122-44-43-120-40-35-114-28-23-108-16-2-3-89(99)87(79-83-4-8-85(9-5-83)139-81-92(102)103)97-90(100)12-17-109-24-29-116-37-39-118-32-27-112-20-15-96-94(106)88(80-84-6-10-86(11-7-84)140-82-93(104)105)98-91(101)13-18-110-25-30-115-36-38-117-31-26-111-19-14-95/h4-11,87-88H,2-3,12-82,95H2,1H3,(H,96,106)(H,97,100)(H,98,101)(H,102,103)(H,104,105). The number of Topliss-reactive ketones (excluding diaryl/α,β-unsaturated/α-hetero) is 1. The van der Waals surface area contributed by atoms with Crippen molar-refractivity contribution in [1.82, 2.24) is 16.0 Å². The molecule has 0 aliphatic carbocycles. The van der Waals surface area contributed by atoms with Crippen LogP contribution in [-0.4, -0.2) is 507 Å². The summed E-state index contributed by atoms with van der Waals surface area (Å²) in [6.07, 6.45) is 0.864. The van der Waals surface area contributed by atoms with Crippen molar-refractivity contribution in [2.75, 3.05) is 450 Å². The molecule has 0 heterocycles. The quantitative estimate of drug-likeness (QED) is 0.0497. The number of ether oxygens (including phenoxy) is 34. The highest BCUT2D eigenvalue weighted by molar-refractivity contribution is 5.89. The molecule has 0 bridgehead atoms. The van der Waals surface area contributed by atoms with Crippen LogP contribution in [0.4, 0.5) is 0 Å². The topological polar surface area (TPSA) is 519 Å². The van der Waals surface area contributed by atoms with Gasteiger partial charge in [-0.2, -0.15) is 0 Å². The van der Waals surface area contributed by atoms with E-state index >= 15 is 0 Å². The Morgan fingerprint density at radius 1 is 0.250 bits per heavy atom. The van der Waals surface area contributed by atoms with Crippen molar-refractivity contribution in [2.24, 2.45) is 5.73 Å². The number of carbonyl (C=O) groups excluding carboxylic acids is 4.